The van der Waals surface area contributed by atoms with Crippen LogP contribution in [0.25, 0.3) is 11.1 Å². The zero-order chi connectivity index (χ0) is 29.5. The lowest BCUT2D eigenvalue weighted by molar-refractivity contribution is -0.248. The van der Waals surface area contributed by atoms with Crippen molar-refractivity contribution in [1.29, 1.82) is 0 Å². The van der Waals surface area contributed by atoms with E-state index in [1.54, 1.807) is 24.3 Å². The lowest BCUT2D eigenvalue weighted by Crippen LogP contribution is -2.53. The van der Waals surface area contributed by atoms with Gasteiger partial charge in [-0.25, -0.2) is 4.79 Å². The number of fused-ring (bicyclic) bond motifs is 3. The average Bonchev–Trinajstić information content (AvgIpc) is 3.18. The monoisotopic (exact) mass is 600 g/mol. The van der Waals surface area contributed by atoms with Gasteiger partial charge in [0.15, 0.2) is 0 Å². The van der Waals surface area contributed by atoms with Crippen molar-refractivity contribution in [1.82, 2.24) is 0 Å². The zero-order valence-electron chi connectivity index (χ0n) is 21.4. The molecule has 2 unspecified atom stereocenters. The Kier molecular flexibility index (Phi) is 6.31. The number of hydrogen-bond donors (Lipinski definition) is 1. The minimum Gasteiger partial charge on any atom is -0.458 e. The van der Waals surface area contributed by atoms with E-state index in [0.29, 0.717) is 34.4 Å². The number of ether oxygens (including phenoxy) is 2. The minimum absolute atomic E-state index is 0.223. The van der Waals surface area contributed by atoms with E-state index in [2.05, 4.69) is 4.74 Å². The number of esters is 2. The smallest absolute Gasteiger partial charge is 0.432 e. The highest BCUT2D eigenvalue weighted by Crippen LogP contribution is 2.58. The van der Waals surface area contributed by atoms with Crippen molar-refractivity contribution >= 4 is 22.1 Å². The normalized spacial score (nSPS) is 29.0. The molecule has 0 heterocycles. The van der Waals surface area contributed by atoms with Crippen LogP contribution in [-0.2, 0) is 24.4 Å². The molecule has 7 rings (SSSR count). The maximum Gasteiger partial charge on any atom is 0.432 e. The molecule has 5 aliphatic carbocycles. The molecule has 13 heteroatoms. The molecule has 4 fully saturated rings. The standard InChI is InChI=1S/C28H25F5O7S/c29-27(30,31)25(28(32,33)41(36,37)38)39-23(34)17-5-6-19-18-3-1-2-4-20(18)22(21(19)10-17)24(35)40-26-11-14-7-15(12-26)9-16(8-14)13-26/h1-6,10,14-16,22,25H,7-9,11-13H2,(H,36,37,38). The summed E-state index contributed by atoms with van der Waals surface area (Å²) >= 11 is 0. The van der Waals surface area contributed by atoms with E-state index in [-0.39, 0.29) is 5.56 Å². The fourth-order valence-electron chi connectivity index (χ4n) is 7.65. The predicted octanol–water partition coefficient (Wildman–Crippen LogP) is 5.88. The van der Waals surface area contributed by atoms with Crippen molar-refractivity contribution in [2.24, 2.45) is 17.8 Å². The maximum absolute atomic E-state index is 14.0. The zero-order valence-corrected chi connectivity index (χ0v) is 22.2. The topological polar surface area (TPSA) is 107 Å². The third kappa shape index (κ3) is 4.70. The molecule has 4 saturated carbocycles. The van der Waals surface area contributed by atoms with Gasteiger partial charge in [0.2, 0.25) is 0 Å². The molecular weight excluding hydrogens is 575 g/mol. The molecule has 0 aliphatic heterocycles. The number of carbonyl (C=O) groups excluding carboxylic acids is 2. The van der Waals surface area contributed by atoms with Crippen molar-refractivity contribution < 1.29 is 54.0 Å². The summed E-state index contributed by atoms with van der Waals surface area (Å²) < 4.78 is 109. The Bertz CT molecular complexity index is 1500. The molecule has 0 spiro atoms. The first-order valence-electron chi connectivity index (χ1n) is 13.2. The lowest BCUT2D eigenvalue weighted by atomic mass is 9.54. The Balaban J connectivity index is 1.32. The number of benzene rings is 2. The second-order valence-corrected chi connectivity index (χ2v) is 13.2. The summed E-state index contributed by atoms with van der Waals surface area (Å²) in [5.41, 5.74) is 0.710. The number of hydrogen-bond acceptors (Lipinski definition) is 6. The third-order valence-corrected chi connectivity index (χ3v) is 9.77. The number of carbonyl (C=O) groups is 2. The molecule has 41 heavy (non-hydrogen) atoms. The Morgan fingerprint density at radius 3 is 2.00 bits per heavy atom. The summed E-state index contributed by atoms with van der Waals surface area (Å²) in [4.78, 5) is 26.5. The summed E-state index contributed by atoms with van der Waals surface area (Å²) in [6, 6.07) is 10.3. The minimum atomic E-state index is -6.59. The van der Waals surface area contributed by atoms with Crippen molar-refractivity contribution in [2.75, 3.05) is 0 Å². The van der Waals surface area contributed by atoms with Gasteiger partial charge in [-0.1, -0.05) is 30.3 Å². The van der Waals surface area contributed by atoms with Gasteiger partial charge in [-0.15, -0.1) is 0 Å². The van der Waals surface area contributed by atoms with E-state index in [4.69, 9.17) is 9.29 Å². The lowest BCUT2D eigenvalue weighted by Gasteiger charge is -2.55. The van der Waals surface area contributed by atoms with Crippen LogP contribution >= 0.6 is 0 Å². The number of halogens is 5. The van der Waals surface area contributed by atoms with Crippen LogP contribution in [0, 0.1) is 17.8 Å². The molecule has 2 atom stereocenters. The van der Waals surface area contributed by atoms with Crippen molar-refractivity contribution in [3.05, 3.63) is 59.2 Å². The summed E-state index contributed by atoms with van der Waals surface area (Å²) in [7, 11) is -6.59. The Hall–Kier alpha value is -3.06. The molecular formula is C28H25F5O7S. The number of rotatable bonds is 6. The average molecular weight is 601 g/mol. The fraction of sp³-hybridized carbons (Fsp3) is 0.500. The van der Waals surface area contributed by atoms with Crippen LogP contribution in [0.4, 0.5) is 22.0 Å². The predicted molar refractivity (Wildman–Crippen MR) is 132 cm³/mol. The molecule has 2 aromatic carbocycles. The van der Waals surface area contributed by atoms with E-state index < -0.39 is 56.7 Å². The van der Waals surface area contributed by atoms with Crippen LogP contribution in [0.2, 0.25) is 0 Å². The molecule has 0 radical (unpaired) electrons. The number of alkyl halides is 5. The molecule has 2 aromatic rings. The molecule has 220 valence electrons. The second kappa shape index (κ2) is 9.22. The molecule has 0 saturated heterocycles. The van der Waals surface area contributed by atoms with Gasteiger partial charge in [-0.05, 0) is 90.7 Å². The SMILES string of the molecule is O=C(OC(C(F)(F)F)C(F)(F)S(=O)(=O)O)c1ccc2c(c1)C(C(=O)OC13CC4CC(CC(C4)C1)C3)c1ccccc1-2. The van der Waals surface area contributed by atoms with Crippen LogP contribution in [0.5, 0.6) is 0 Å². The quantitative estimate of drug-likeness (QED) is 0.251. The maximum atomic E-state index is 14.0. The molecule has 4 bridgehead atoms. The van der Waals surface area contributed by atoms with Gasteiger partial charge in [0.25, 0.3) is 6.10 Å². The van der Waals surface area contributed by atoms with E-state index in [1.807, 2.05) is 0 Å². The van der Waals surface area contributed by atoms with Crippen molar-refractivity contribution in [2.45, 2.75) is 67.6 Å². The van der Waals surface area contributed by atoms with Crippen LogP contribution in [0.1, 0.15) is 65.9 Å². The van der Waals surface area contributed by atoms with Crippen LogP contribution in [0.3, 0.4) is 0 Å². The summed E-state index contributed by atoms with van der Waals surface area (Å²) in [5.74, 6) is -2.06. The Morgan fingerprint density at radius 1 is 0.878 bits per heavy atom. The van der Waals surface area contributed by atoms with Gasteiger partial charge in [0, 0.05) is 0 Å². The van der Waals surface area contributed by atoms with Crippen LogP contribution in [-0.4, -0.2) is 48.0 Å². The van der Waals surface area contributed by atoms with E-state index in [1.165, 1.54) is 6.07 Å². The molecule has 7 nitrogen and oxygen atoms in total. The van der Waals surface area contributed by atoms with Gasteiger partial charge in [0.05, 0.1) is 5.56 Å². The van der Waals surface area contributed by atoms with Gasteiger partial charge in [-0.3, -0.25) is 9.35 Å². The molecule has 5 aliphatic rings. The molecule has 0 aromatic heterocycles. The first kappa shape index (κ1) is 28.1. The first-order valence-corrected chi connectivity index (χ1v) is 14.6. The summed E-state index contributed by atoms with van der Waals surface area (Å²) in [6.07, 6.45) is -4.86. The molecule has 0 amide bonds. The van der Waals surface area contributed by atoms with Gasteiger partial charge >= 0.3 is 33.5 Å². The van der Waals surface area contributed by atoms with Gasteiger partial charge in [-0.2, -0.15) is 30.4 Å². The van der Waals surface area contributed by atoms with E-state index >= 15 is 0 Å². The highest BCUT2D eigenvalue weighted by molar-refractivity contribution is 7.86. The summed E-state index contributed by atoms with van der Waals surface area (Å²) in [6.45, 7) is 0. The highest BCUT2D eigenvalue weighted by atomic mass is 32.2. The summed E-state index contributed by atoms with van der Waals surface area (Å²) in [5, 5.41) is -5.86. The van der Waals surface area contributed by atoms with Gasteiger partial charge < -0.3 is 9.47 Å². The van der Waals surface area contributed by atoms with Crippen LogP contribution < -0.4 is 0 Å². The van der Waals surface area contributed by atoms with Crippen LogP contribution in [0.15, 0.2) is 42.5 Å². The second-order valence-electron chi connectivity index (χ2n) is 11.7. The Morgan fingerprint density at radius 2 is 1.44 bits per heavy atom. The first-order chi connectivity index (χ1) is 19.1. The van der Waals surface area contributed by atoms with Crippen molar-refractivity contribution in [3.8, 4) is 11.1 Å². The largest absolute Gasteiger partial charge is 0.458 e. The third-order valence-electron chi connectivity index (χ3n) is 8.87. The molecule has 1 N–H and O–H groups in total. The van der Waals surface area contributed by atoms with Crippen molar-refractivity contribution in [3.63, 3.8) is 0 Å². The fourth-order valence-corrected chi connectivity index (χ4v) is 8.11. The highest BCUT2D eigenvalue weighted by Gasteiger charge is 2.66. The Labute approximate surface area is 231 Å². The van der Waals surface area contributed by atoms with E-state index in [9.17, 15) is 40.0 Å². The van der Waals surface area contributed by atoms with E-state index in [0.717, 1.165) is 50.7 Å². The van der Waals surface area contributed by atoms with Gasteiger partial charge in [0.1, 0.15) is 11.5 Å².